The zero-order valence-electron chi connectivity index (χ0n) is 12.1. The molecule has 20 heavy (non-hydrogen) atoms. The van der Waals surface area contributed by atoms with Gasteiger partial charge >= 0.3 is 0 Å². The largest absolute Gasteiger partial charge is 0.398 e. The minimum atomic E-state index is 0.915. The molecule has 0 unspecified atom stereocenters. The maximum absolute atomic E-state index is 6.05. The van der Waals surface area contributed by atoms with Crippen molar-refractivity contribution in [1.29, 1.82) is 0 Å². The molecule has 2 aromatic carbocycles. The van der Waals surface area contributed by atoms with Crippen molar-refractivity contribution in [1.82, 2.24) is 0 Å². The van der Waals surface area contributed by atoms with Gasteiger partial charge in [0.1, 0.15) is 0 Å². The second kappa shape index (κ2) is 5.58. The third-order valence-electron chi connectivity index (χ3n) is 4.20. The van der Waals surface area contributed by atoms with Gasteiger partial charge in [0.15, 0.2) is 0 Å². The number of rotatable bonds is 4. The topological polar surface area (TPSA) is 29.3 Å². The van der Waals surface area contributed by atoms with Gasteiger partial charge in [-0.3, -0.25) is 0 Å². The average molecular weight is 266 g/mol. The van der Waals surface area contributed by atoms with E-state index in [1.165, 1.54) is 28.8 Å². The molecule has 2 aromatic rings. The Hall–Kier alpha value is -1.96. The van der Waals surface area contributed by atoms with E-state index in [2.05, 4.69) is 54.3 Å². The quantitative estimate of drug-likeness (QED) is 0.857. The Bertz CT molecular complexity index is 590. The van der Waals surface area contributed by atoms with Gasteiger partial charge in [-0.2, -0.15) is 0 Å². The van der Waals surface area contributed by atoms with Crippen molar-refractivity contribution in [2.75, 3.05) is 23.7 Å². The molecule has 1 aliphatic rings. The van der Waals surface area contributed by atoms with Gasteiger partial charge in [-0.1, -0.05) is 36.4 Å². The van der Waals surface area contributed by atoms with Gasteiger partial charge in [0.25, 0.3) is 0 Å². The third-order valence-corrected chi connectivity index (χ3v) is 4.20. The highest BCUT2D eigenvalue weighted by Gasteiger charge is 2.19. The van der Waals surface area contributed by atoms with Crippen molar-refractivity contribution in [2.24, 2.45) is 0 Å². The van der Waals surface area contributed by atoms with Crippen molar-refractivity contribution in [3.63, 3.8) is 0 Å². The summed E-state index contributed by atoms with van der Waals surface area (Å²) in [5.41, 5.74) is 12.4. The van der Waals surface area contributed by atoms with Crippen molar-refractivity contribution in [3.8, 4) is 0 Å². The lowest BCUT2D eigenvalue weighted by atomic mass is 10.1. The number of aryl methyl sites for hydroxylation is 2. The number of benzene rings is 2. The van der Waals surface area contributed by atoms with E-state index in [1.54, 1.807) is 0 Å². The normalized spacial score (nSPS) is 13.6. The monoisotopic (exact) mass is 266 g/mol. The molecule has 0 radical (unpaired) electrons. The molecule has 0 bridgehead atoms. The van der Waals surface area contributed by atoms with Crippen LogP contribution >= 0.6 is 0 Å². The molecule has 0 saturated carbocycles. The average Bonchev–Trinajstić information content (AvgIpc) is 2.83. The molecule has 3 rings (SSSR count). The van der Waals surface area contributed by atoms with Gasteiger partial charge in [-0.05, 0) is 48.9 Å². The van der Waals surface area contributed by atoms with E-state index in [9.17, 15) is 0 Å². The van der Waals surface area contributed by atoms with E-state index < -0.39 is 0 Å². The molecule has 0 atom stereocenters. The number of anilines is 2. The van der Waals surface area contributed by atoms with Gasteiger partial charge in [-0.15, -0.1) is 0 Å². The summed E-state index contributed by atoms with van der Waals surface area (Å²) in [6.45, 7) is 4.34. The van der Waals surface area contributed by atoms with Crippen LogP contribution in [0.1, 0.15) is 23.1 Å². The minimum Gasteiger partial charge on any atom is -0.398 e. The fourth-order valence-corrected chi connectivity index (χ4v) is 2.99. The zero-order valence-corrected chi connectivity index (χ0v) is 12.1. The van der Waals surface area contributed by atoms with Gasteiger partial charge < -0.3 is 10.6 Å². The molecule has 1 heterocycles. The molecule has 104 valence electrons. The number of hydrogen-bond donors (Lipinski definition) is 1. The number of nitrogens with two attached hydrogens (primary N) is 1. The highest BCUT2D eigenvalue weighted by Crippen LogP contribution is 2.32. The number of nitrogen functional groups attached to an aromatic ring is 1. The molecular formula is C18H22N2. The Morgan fingerprint density at radius 3 is 2.75 bits per heavy atom. The summed E-state index contributed by atoms with van der Waals surface area (Å²) in [5, 5.41) is 0. The van der Waals surface area contributed by atoms with Crippen LogP contribution in [0.2, 0.25) is 0 Å². The summed E-state index contributed by atoms with van der Waals surface area (Å²) in [6.07, 6.45) is 3.49. The first-order valence-electron chi connectivity index (χ1n) is 7.42. The molecule has 0 fully saturated rings. The first-order chi connectivity index (χ1) is 9.74. The standard InChI is InChI=1S/C18H22N2/c1-14-12-16-9-11-20(18(16)13-17(14)19)10-5-8-15-6-3-2-4-7-15/h2-4,6-7,12-13H,5,8-11,19H2,1H3. The first-order valence-corrected chi connectivity index (χ1v) is 7.42. The lowest BCUT2D eigenvalue weighted by Gasteiger charge is -2.20. The smallest absolute Gasteiger partial charge is 0.0420 e. The van der Waals surface area contributed by atoms with Crippen LogP contribution < -0.4 is 10.6 Å². The number of nitrogens with zero attached hydrogens (tertiary/aromatic N) is 1. The molecule has 1 aliphatic heterocycles. The molecule has 0 aromatic heterocycles. The summed E-state index contributed by atoms with van der Waals surface area (Å²) in [7, 11) is 0. The lowest BCUT2D eigenvalue weighted by Crippen LogP contribution is -2.22. The SMILES string of the molecule is Cc1cc2c(cc1N)N(CCCc1ccccc1)CC2. The Labute approximate surface area is 121 Å². The number of hydrogen-bond acceptors (Lipinski definition) is 2. The highest BCUT2D eigenvalue weighted by molar-refractivity contribution is 5.67. The van der Waals surface area contributed by atoms with E-state index in [-0.39, 0.29) is 0 Å². The zero-order chi connectivity index (χ0) is 13.9. The van der Waals surface area contributed by atoms with Crippen LogP contribution in [0.5, 0.6) is 0 Å². The summed E-state index contributed by atoms with van der Waals surface area (Å²) in [5.74, 6) is 0. The predicted molar refractivity (Wildman–Crippen MR) is 86.3 cm³/mol. The van der Waals surface area contributed by atoms with Crippen molar-refractivity contribution >= 4 is 11.4 Å². The van der Waals surface area contributed by atoms with Crippen molar-refractivity contribution in [3.05, 3.63) is 59.2 Å². The second-order valence-corrected chi connectivity index (χ2v) is 5.66. The minimum absolute atomic E-state index is 0.915. The van der Waals surface area contributed by atoms with Crippen LogP contribution in [0, 0.1) is 6.92 Å². The summed E-state index contributed by atoms with van der Waals surface area (Å²) in [6, 6.07) is 15.1. The van der Waals surface area contributed by atoms with E-state index in [4.69, 9.17) is 5.73 Å². The first kappa shape index (κ1) is 13.0. The summed E-state index contributed by atoms with van der Waals surface area (Å²) in [4.78, 5) is 2.48. The van der Waals surface area contributed by atoms with E-state index >= 15 is 0 Å². The van der Waals surface area contributed by atoms with Crippen LogP contribution in [-0.4, -0.2) is 13.1 Å². The predicted octanol–water partition coefficient (Wildman–Crippen LogP) is 3.57. The fraction of sp³-hybridized carbons (Fsp3) is 0.333. The Morgan fingerprint density at radius 2 is 1.95 bits per heavy atom. The second-order valence-electron chi connectivity index (χ2n) is 5.66. The van der Waals surface area contributed by atoms with Crippen LogP contribution in [-0.2, 0) is 12.8 Å². The summed E-state index contributed by atoms with van der Waals surface area (Å²) < 4.78 is 0. The Balaban J connectivity index is 1.62. The van der Waals surface area contributed by atoms with E-state index in [0.29, 0.717) is 0 Å². The molecule has 0 spiro atoms. The maximum atomic E-state index is 6.05. The van der Waals surface area contributed by atoms with Gasteiger partial charge in [-0.25, -0.2) is 0 Å². The third kappa shape index (κ3) is 2.64. The Morgan fingerprint density at radius 1 is 1.15 bits per heavy atom. The molecule has 0 aliphatic carbocycles. The molecule has 2 N–H and O–H groups in total. The lowest BCUT2D eigenvalue weighted by molar-refractivity contribution is 0.751. The summed E-state index contributed by atoms with van der Waals surface area (Å²) >= 11 is 0. The van der Waals surface area contributed by atoms with Gasteiger partial charge in [0.2, 0.25) is 0 Å². The molecule has 2 heteroatoms. The van der Waals surface area contributed by atoms with Gasteiger partial charge in [0.05, 0.1) is 0 Å². The van der Waals surface area contributed by atoms with E-state index in [0.717, 1.165) is 31.6 Å². The maximum Gasteiger partial charge on any atom is 0.0420 e. The van der Waals surface area contributed by atoms with Gasteiger partial charge in [0, 0.05) is 24.5 Å². The van der Waals surface area contributed by atoms with Crippen molar-refractivity contribution in [2.45, 2.75) is 26.2 Å². The fourth-order valence-electron chi connectivity index (χ4n) is 2.99. The van der Waals surface area contributed by atoms with Crippen LogP contribution in [0.25, 0.3) is 0 Å². The highest BCUT2D eigenvalue weighted by atomic mass is 15.1. The molecule has 2 nitrogen and oxygen atoms in total. The van der Waals surface area contributed by atoms with Crippen LogP contribution in [0.15, 0.2) is 42.5 Å². The molecule has 0 saturated heterocycles. The number of fused-ring (bicyclic) bond motifs is 1. The molecular weight excluding hydrogens is 244 g/mol. The van der Waals surface area contributed by atoms with E-state index in [1.807, 2.05) is 0 Å². The van der Waals surface area contributed by atoms with Crippen LogP contribution in [0.4, 0.5) is 11.4 Å². The van der Waals surface area contributed by atoms with Crippen molar-refractivity contribution < 1.29 is 0 Å². The van der Waals surface area contributed by atoms with Crippen LogP contribution in [0.3, 0.4) is 0 Å². The Kier molecular flexibility index (Phi) is 3.64. The molecule has 0 amide bonds.